The quantitative estimate of drug-likeness (QED) is 0.704. The van der Waals surface area contributed by atoms with E-state index in [1.165, 1.54) is 17.6 Å². The molecule has 1 aliphatic rings. The summed E-state index contributed by atoms with van der Waals surface area (Å²) in [6.07, 6.45) is 1.82. The number of carbonyl (C=O) groups is 2. The van der Waals surface area contributed by atoms with E-state index < -0.39 is 0 Å². The highest BCUT2D eigenvalue weighted by Crippen LogP contribution is 2.24. The Hall–Kier alpha value is -2.75. The summed E-state index contributed by atoms with van der Waals surface area (Å²) < 4.78 is 2.01. The Balaban J connectivity index is 0.000000213. The number of hydrogen-bond acceptors (Lipinski definition) is 7. The highest BCUT2D eigenvalue weighted by Gasteiger charge is 2.42. The number of imidazole rings is 1. The largest absolute Gasteiger partial charge is 0.399 e. The predicted molar refractivity (Wildman–Crippen MR) is 102 cm³/mol. The standard InChI is InChI=1S/C7H11NO3.C6H10N2.C5H9N3O/c1-4-5(2)7(10)8(11-3)6(4)9;1-5-6(2)8(3)4-7-5;1-4-5(2)8(9-3)7-6-4/h4-5H,1-3H3;4H,1-3H3;1-3H3. The zero-order chi connectivity index (χ0) is 21.6. The van der Waals surface area contributed by atoms with Gasteiger partial charge in [0.2, 0.25) is 0 Å². The first-order valence-electron chi connectivity index (χ1n) is 8.86. The summed E-state index contributed by atoms with van der Waals surface area (Å²) in [5.41, 5.74) is 4.20. The average Bonchev–Trinajstić information content (AvgIpc) is 3.23. The molecular formula is C18H30N6O4. The molecule has 2 atom stereocenters. The number of carbonyl (C=O) groups excluding carboxylic acids is 2. The van der Waals surface area contributed by atoms with Crippen LogP contribution in [0.5, 0.6) is 0 Å². The molecule has 2 aromatic rings. The minimum atomic E-state index is -0.248. The van der Waals surface area contributed by atoms with Crippen LogP contribution < -0.4 is 4.84 Å². The Morgan fingerprint density at radius 2 is 1.43 bits per heavy atom. The van der Waals surface area contributed by atoms with Crippen molar-refractivity contribution in [2.75, 3.05) is 14.2 Å². The van der Waals surface area contributed by atoms with Crippen molar-refractivity contribution in [1.29, 1.82) is 0 Å². The monoisotopic (exact) mass is 394 g/mol. The summed E-state index contributed by atoms with van der Waals surface area (Å²) in [6.45, 7) is 11.3. The van der Waals surface area contributed by atoms with Gasteiger partial charge in [-0.05, 0) is 32.9 Å². The van der Waals surface area contributed by atoms with E-state index in [0.29, 0.717) is 0 Å². The van der Waals surface area contributed by atoms with Crippen molar-refractivity contribution in [2.24, 2.45) is 18.9 Å². The Bertz CT molecular complexity index is 774. The topological polar surface area (TPSA) is 104 Å². The summed E-state index contributed by atoms with van der Waals surface area (Å²) in [5, 5.41) is 8.28. The maximum atomic E-state index is 11.1. The molecule has 3 heterocycles. The molecule has 1 fully saturated rings. The molecule has 10 nitrogen and oxygen atoms in total. The number of imide groups is 1. The fourth-order valence-electron chi connectivity index (χ4n) is 2.25. The van der Waals surface area contributed by atoms with E-state index in [9.17, 15) is 9.59 Å². The van der Waals surface area contributed by atoms with Gasteiger partial charge in [-0.1, -0.05) is 18.7 Å². The van der Waals surface area contributed by atoms with Crippen molar-refractivity contribution in [3.05, 3.63) is 29.1 Å². The summed E-state index contributed by atoms with van der Waals surface area (Å²) in [7, 11) is 4.87. The van der Waals surface area contributed by atoms with Crippen LogP contribution in [0.4, 0.5) is 0 Å². The van der Waals surface area contributed by atoms with Crippen LogP contribution in [0.2, 0.25) is 0 Å². The van der Waals surface area contributed by atoms with Crippen molar-refractivity contribution in [2.45, 2.75) is 41.5 Å². The number of aromatic nitrogens is 5. The number of hydrogen-bond donors (Lipinski definition) is 0. The normalized spacial score (nSPS) is 18.4. The van der Waals surface area contributed by atoms with Crippen LogP contribution in [-0.4, -0.2) is 55.8 Å². The van der Waals surface area contributed by atoms with Gasteiger partial charge in [-0.2, -0.15) is 5.06 Å². The molecule has 3 rings (SSSR count). The van der Waals surface area contributed by atoms with Crippen LogP contribution >= 0.6 is 0 Å². The summed E-state index contributed by atoms with van der Waals surface area (Å²) in [5.74, 6) is -0.986. The fraction of sp³-hybridized carbons (Fsp3) is 0.611. The van der Waals surface area contributed by atoms with Crippen LogP contribution in [-0.2, 0) is 21.5 Å². The molecule has 28 heavy (non-hydrogen) atoms. The fourth-order valence-corrected chi connectivity index (χ4v) is 2.25. The Morgan fingerprint density at radius 3 is 1.61 bits per heavy atom. The van der Waals surface area contributed by atoms with E-state index in [2.05, 4.69) is 27.1 Å². The van der Waals surface area contributed by atoms with Gasteiger partial charge < -0.3 is 9.40 Å². The maximum absolute atomic E-state index is 11.1. The van der Waals surface area contributed by atoms with Gasteiger partial charge >= 0.3 is 0 Å². The first-order valence-corrected chi connectivity index (χ1v) is 8.86. The van der Waals surface area contributed by atoms with Crippen molar-refractivity contribution in [1.82, 2.24) is 29.8 Å². The third-order valence-corrected chi connectivity index (χ3v) is 4.85. The molecule has 0 radical (unpaired) electrons. The highest BCUT2D eigenvalue weighted by atomic mass is 16.7. The van der Waals surface area contributed by atoms with Crippen LogP contribution in [0.25, 0.3) is 0 Å². The SMILES string of the molecule is CON1C(=O)C(C)C(C)C1=O.COn1nnc(C)c1C.Cc1ncn(C)c1C. The van der Waals surface area contributed by atoms with E-state index in [1.807, 2.05) is 38.7 Å². The van der Waals surface area contributed by atoms with E-state index in [0.717, 1.165) is 22.1 Å². The first kappa shape index (κ1) is 23.3. The lowest BCUT2D eigenvalue weighted by molar-refractivity contribution is -0.181. The van der Waals surface area contributed by atoms with E-state index >= 15 is 0 Å². The molecule has 0 aliphatic carbocycles. The van der Waals surface area contributed by atoms with Gasteiger partial charge in [0.25, 0.3) is 11.8 Å². The Labute approximate surface area is 165 Å². The molecular weight excluding hydrogens is 364 g/mol. The predicted octanol–water partition coefficient (Wildman–Crippen LogP) is 1.18. The smallest absolute Gasteiger partial charge is 0.257 e. The van der Waals surface area contributed by atoms with E-state index in [4.69, 9.17) is 4.84 Å². The van der Waals surface area contributed by atoms with Crippen LogP contribution in [0.3, 0.4) is 0 Å². The van der Waals surface area contributed by atoms with Gasteiger partial charge in [0, 0.05) is 24.6 Å². The lowest BCUT2D eigenvalue weighted by Crippen LogP contribution is -2.29. The summed E-state index contributed by atoms with van der Waals surface area (Å²) in [4.78, 5) is 37.2. The molecule has 1 aliphatic heterocycles. The van der Waals surface area contributed by atoms with E-state index in [-0.39, 0.29) is 23.7 Å². The van der Waals surface area contributed by atoms with Crippen molar-refractivity contribution < 1.29 is 19.3 Å². The molecule has 0 spiro atoms. The van der Waals surface area contributed by atoms with Crippen LogP contribution in [0.15, 0.2) is 6.33 Å². The molecule has 0 N–H and O–H groups in total. The average molecular weight is 394 g/mol. The Kier molecular flexibility index (Phi) is 8.30. The molecule has 156 valence electrons. The highest BCUT2D eigenvalue weighted by molar-refractivity contribution is 6.03. The molecule has 0 bridgehead atoms. The Morgan fingerprint density at radius 1 is 0.893 bits per heavy atom. The summed E-state index contributed by atoms with van der Waals surface area (Å²) >= 11 is 0. The van der Waals surface area contributed by atoms with E-state index in [1.54, 1.807) is 21.0 Å². The maximum Gasteiger partial charge on any atom is 0.257 e. The third-order valence-electron chi connectivity index (χ3n) is 4.85. The zero-order valence-electron chi connectivity index (χ0n) is 18.0. The lowest BCUT2D eigenvalue weighted by Gasteiger charge is -2.08. The van der Waals surface area contributed by atoms with Crippen molar-refractivity contribution >= 4 is 11.8 Å². The van der Waals surface area contributed by atoms with Crippen LogP contribution in [0.1, 0.15) is 36.6 Å². The number of aryl methyl sites for hydroxylation is 3. The summed E-state index contributed by atoms with van der Waals surface area (Å²) in [6, 6.07) is 0. The lowest BCUT2D eigenvalue weighted by atomic mass is 10.00. The van der Waals surface area contributed by atoms with Crippen molar-refractivity contribution in [3.63, 3.8) is 0 Å². The minimum Gasteiger partial charge on any atom is -0.399 e. The van der Waals surface area contributed by atoms with Crippen LogP contribution in [0, 0.1) is 39.5 Å². The van der Waals surface area contributed by atoms with Gasteiger partial charge in [-0.15, -0.1) is 5.10 Å². The van der Waals surface area contributed by atoms with Crippen molar-refractivity contribution in [3.8, 4) is 0 Å². The van der Waals surface area contributed by atoms with Gasteiger partial charge in [0.05, 0.1) is 24.8 Å². The minimum absolute atomic E-state index is 0.245. The second-order valence-corrected chi connectivity index (χ2v) is 6.57. The molecule has 2 amide bonds. The molecule has 2 unspecified atom stereocenters. The molecule has 0 saturated carbocycles. The van der Waals surface area contributed by atoms with Gasteiger partial charge in [-0.3, -0.25) is 14.4 Å². The van der Waals surface area contributed by atoms with Gasteiger partial charge in [-0.25, -0.2) is 4.98 Å². The first-order chi connectivity index (χ1) is 13.1. The number of amides is 2. The second kappa shape index (κ2) is 9.98. The molecule has 1 saturated heterocycles. The number of rotatable bonds is 2. The number of nitrogens with zero attached hydrogens (tertiary/aromatic N) is 6. The molecule has 0 aromatic carbocycles. The molecule has 10 heteroatoms. The van der Waals surface area contributed by atoms with Gasteiger partial charge in [0.1, 0.15) is 12.8 Å². The number of hydroxylamine groups is 2. The third kappa shape index (κ3) is 5.16. The second-order valence-electron chi connectivity index (χ2n) is 6.57. The van der Waals surface area contributed by atoms with Gasteiger partial charge in [0.15, 0.2) is 0 Å². The molecule has 2 aromatic heterocycles. The zero-order valence-corrected chi connectivity index (χ0v) is 18.0.